The fourth-order valence-electron chi connectivity index (χ4n) is 1.85. The molecule has 0 aliphatic carbocycles. The van der Waals surface area contributed by atoms with Crippen LogP contribution in [0.25, 0.3) is 10.9 Å². The average molecular weight is 228 g/mol. The summed E-state index contributed by atoms with van der Waals surface area (Å²) in [6.45, 7) is 5.62. The molecular weight excluding hydrogens is 212 g/mol. The van der Waals surface area contributed by atoms with Crippen molar-refractivity contribution >= 4 is 10.9 Å². The maximum absolute atomic E-state index is 8.83. The number of fused-ring (bicyclic) bond motifs is 1. The van der Waals surface area contributed by atoms with E-state index in [0.29, 0.717) is 12.2 Å². The van der Waals surface area contributed by atoms with E-state index in [1.807, 2.05) is 44.3 Å². The van der Waals surface area contributed by atoms with Crippen molar-refractivity contribution in [3.05, 3.63) is 36.0 Å². The number of nitrogens with zero attached hydrogens (tertiary/aromatic N) is 2. The first-order chi connectivity index (χ1) is 8.20. The van der Waals surface area contributed by atoms with Crippen LogP contribution in [-0.2, 0) is 11.3 Å². The third kappa shape index (κ3) is 2.66. The number of hydrogen-bond donors (Lipinski definition) is 0. The lowest BCUT2D eigenvalue weighted by Crippen LogP contribution is -2.09. The zero-order valence-corrected chi connectivity index (χ0v) is 10.2. The van der Waals surface area contributed by atoms with Crippen LogP contribution >= 0.6 is 0 Å². The lowest BCUT2D eigenvalue weighted by molar-refractivity contribution is 0.0733. The fraction of sp³-hybridized carbons (Fsp3) is 0.357. The molecule has 0 saturated carbocycles. The zero-order valence-electron chi connectivity index (χ0n) is 10.2. The van der Waals surface area contributed by atoms with Crippen molar-refractivity contribution in [1.29, 1.82) is 5.26 Å². The summed E-state index contributed by atoms with van der Waals surface area (Å²) in [6.07, 6.45) is 2.30. The highest BCUT2D eigenvalue weighted by Gasteiger charge is 2.02. The van der Waals surface area contributed by atoms with Crippen molar-refractivity contribution < 1.29 is 4.74 Å². The van der Waals surface area contributed by atoms with E-state index in [4.69, 9.17) is 10.00 Å². The lowest BCUT2D eigenvalue weighted by Gasteiger charge is -2.09. The summed E-state index contributed by atoms with van der Waals surface area (Å²) in [4.78, 5) is 0. The minimum absolute atomic E-state index is 0.266. The van der Waals surface area contributed by atoms with Crippen LogP contribution in [0.4, 0.5) is 0 Å². The predicted octanol–water partition coefficient (Wildman–Crippen LogP) is 2.94. The molecule has 0 spiro atoms. The van der Waals surface area contributed by atoms with Gasteiger partial charge in [0.1, 0.15) is 0 Å². The van der Waals surface area contributed by atoms with Gasteiger partial charge in [-0.25, -0.2) is 0 Å². The van der Waals surface area contributed by atoms with Crippen molar-refractivity contribution in [2.45, 2.75) is 26.5 Å². The molecule has 0 aliphatic heterocycles. The maximum Gasteiger partial charge on any atom is 0.0991 e. The Hall–Kier alpha value is -1.79. The summed E-state index contributed by atoms with van der Waals surface area (Å²) < 4.78 is 7.69. The van der Waals surface area contributed by atoms with Gasteiger partial charge >= 0.3 is 0 Å². The molecule has 0 radical (unpaired) electrons. The highest BCUT2D eigenvalue weighted by Crippen LogP contribution is 2.17. The van der Waals surface area contributed by atoms with Gasteiger partial charge in [-0.3, -0.25) is 0 Å². The molecule has 1 aromatic carbocycles. The monoisotopic (exact) mass is 228 g/mol. The summed E-state index contributed by atoms with van der Waals surface area (Å²) in [5.74, 6) is 0. The molecule has 0 bridgehead atoms. The average Bonchev–Trinajstić information content (AvgIpc) is 2.71. The summed E-state index contributed by atoms with van der Waals surface area (Å²) >= 11 is 0. The van der Waals surface area contributed by atoms with Gasteiger partial charge < -0.3 is 9.30 Å². The third-order valence-corrected chi connectivity index (χ3v) is 2.68. The number of nitriles is 1. The second-order valence-electron chi connectivity index (χ2n) is 4.31. The Morgan fingerprint density at radius 3 is 2.88 bits per heavy atom. The molecule has 0 saturated heterocycles. The standard InChI is InChI=1S/C14H16N2O/c1-11(2)17-8-7-16-6-5-13-9-12(10-15)3-4-14(13)16/h3-6,9,11H,7-8H2,1-2H3. The Kier molecular flexibility index (Phi) is 3.46. The Morgan fingerprint density at radius 2 is 2.18 bits per heavy atom. The van der Waals surface area contributed by atoms with E-state index in [0.717, 1.165) is 17.4 Å². The van der Waals surface area contributed by atoms with Crippen LogP contribution in [-0.4, -0.2) is 17.3 Å². The number of hydrogen-bond acceptors (Lipinski definition) is 2. The molecule has 0 fully saturated rings. The van der Waals surface area contributed by atoms with Gasteiger partial charge in [0.25, 0.3) is 0 Å². The first-order valence-corrected chi connectivity index (χ1v) is 5.81. The first-order valence-electron chi connectivity index (χ1n) is 5.81. The topological polar surface area (TPSA) is 38.0 Å². The van der Waals surface area contributed by atoms with E-state index in [1.54, 1.807) is 0 Å². The Morgan fingerprint density at radius 1 is 1.35 bits per heavy atom. The Labute approximate surface area is 101 Å². The van der Waals surface area contributed by atoms with E-state index in [-0.39, 0.29) is 6.10 Å². The van der Waals surface area contributed by atoms with Crippen LogP contribution < -0.4 is 0 Å². The summed E-state index contributed by atoms with van der Waals surface area (Å²) in [7, 11) is 0. The molecule has 2 rings (SSSR count). The van der Waals surface area contributed by atoms with Crippen LogP contribution in [0.2, 0.25) is 0 Å². The summed E-state index contributed by atoms with van der Waals surface area (Å²) in [5, 5.41) is 9.93. The van der Waals surface area contributed by atoms with Gasteiger partial charge in [-0.1, -0.05) is 0 Å². The van der Waals surface area contributed by atoms with Gasteiger partial charge in [0.15, 0.2) is 0 Å². The maximum atomic E-state index is 8.83. The van der Waals surface area contributed by atoms with Crippen LogP contribution in [0.1, 0.15) is 19.4 Å². The molecule has 0 amide bonds. The van der Waals surface area contributed by atoms with Gasteiger partial charge in [-0.05, 0) is 38.1 Å². The van der Waals surface area contributed by atoms with Crippen LogP contribution in [0.15, 0.2) is 30.5 Å². The van der Waals surface area contributed by atoms with Crippen molar-refractivity contribution in [1.82, 2.24) is 4.57 Å². The van der Waals surface area contributed by atoms with Gasteiger partial charge in [-0.15, -0.1) is 0 Å². The first kappa shape index (κ1) is 11.7. The second-order valence-corrected chi connectivity index (χ2v) is 4.31. The highest BCUT2D eigenvalue weighted by molar-refractivity contribution is 5.81. The molecule has 17 heavy (non-hydrogen) atoms. The normalized spacial score (nSPS) is 10.9. The third-order valence-electron chi connectivity index (χ3n) is 2.68. The minimum Gasteiger partial charge on any atom is -0.377 e. The Balaban J connectivity index is 2.16. The molecule has 1 aromatic heterocycles. The molecule has 0 aliphatic rings. The van der Waals surface area contributed by atoms with E-state index in [2.05, 4.69) is 10.6 Å². The quantitative estimate of drug-likeness (QED) is 0.807. The van der Waals surface area contributed by atoms with Crippen LogP contribution in [0, 0.1) is 11.3 Å². The van der Waals surface area contributed by atoms with E-state index < -0.39 is 0 Å². The van der Waals surface area contributed by atoms with Crippen LogP contribution in [0.5, 0.6) is 0 Å². The number of rotatable bonds is 4. The summed E-state index contributed by atoms with van der Waals surface area (Å²) in [5.41, 5.74) is 1.85. The number of ether oxygens (including phenoxy) is 1. The van der Waals surface area contributed by atoms with Crippen molar-refractivity contribution in [2.75, 3.05) is 6.61 Å². The molecule has 0 N–H and O–H groups in total. The van der Waals surface area contributed by atoms with Crippen molar-refractivity contribution in [2.24, 2.45) is 0 Å². The highest BCUT2D eigenvalue weighted by atomic mass is 16.5. The molecule has 2 aromatic rings. The molecule has 1 heterocycles. The van der Waals surface area contributed by atoms with E-state index >= 15 is 0 Å². The molecular formula is C14H16N2O. The smallest absolute Gasteiger partial charge is 0.0991 e. The van der Waals surface area contributed by atoms with E-state index in [9.17, 15) is 0 Å². The lowest BCUT2D eigenvalue weighted by atomic mass is 10.2. The van der Waals surface area contributed by atoms with Gasteiger partial charge in [0.05, 0.1) is 24.3 Å². The Bertz CT molecular complexity index is 549. The fourth-order valence-corrected chi connectivity index (χ4v) is 1.85. The molecule has 3 heteroatoms. The SMILES string of the molecule is CC(C)OCCn1ccc2cc(C#N)ccc21. The van der Waals surface area contributed by atoms with Crippen molar-refractivity contribution in [3.63, 3.8) is 0 Å². The van der Waals surface area contributed by atoms with Gasteiger partial charge in [0, 0.05) is 23.6 Å². The zero-order chi connectivity index (χ0) is 12.3. The van der Waals surface area contributed by atoms with Crippen LogP contribution in [0.3, 0.4) is 0 Å². The van der Waals surface area contributed by atoms with E-state index in [1.165, 1.54) is 0 Å². The molecule has 0 atom stereocenters. The number of aromatic nitrogens is 1. The molecule has 3 nitrogen and oxygen atoms in total. The number of benzene rings is 1. The van der Waals surface area contributed by atoms with Gasteiger partial charge in [-0.2, -0.15) is 5.26 Å². The largest absolute Gasteiger partial charge is 0.377 e. The minimum atomic E-state index is 0.266. The summed E-state index contributed by atoms with van der Waals surface area (Å²) in [6, 6.07) is 9.94. The molecule has 88 valence electrons. The van der Waals surface area contributed by atoms with Gasteiger partial charge in [0.2, 0.25) is 0 Å². The molecule has 0 unspecified atom stereocenters. The second kappa shape index (κ2) is 5.03. The predicted molar refractivity (Wildman–Crippen MR) is 67.7 cm³/mol. The van der Waals surface area contributed by atoms with Crippen molar-refractivity contribution in [3.8, 4) is 6.07 Å².